The number of nitrogen functional groups attached to an aromatic ring is 1. The Morgan fingerprint density at radius 3 is 2.72 bits per heavy atom. The summed E-state index contributed by atoms with van der Waals surface area (Å²) in [6, 6.07) is 2.29. The van der Waals surface area contributed by atoms with Crippen molar-refractivity contribution < 1.29 is 23.8 Å². The van der Waals surface area contributed by atoms with Crippen molar-refractivity contribution in [2.45, 2.75) is 6.04 Å². The minimum absolute atomic E-state index is 0.177. The van der Waals surface area contributed by atoms with Crippen LogP contribution in [0.1, 0.15) is 10.4 Å². The summed E-state index contributed by atoms with van der Waals surface area (Å²) in [5.41, 5.74) is 5.24. The second-order valence-corrected chi connectivity index (χ2v) is 3.56. The number of anilines is 1. The van der Waals surface area contributed by atoms with Crippen molar-refractivity contribution in [3.8, 4) is 0 Å². The first kappa shape index (κ1) is 13.9. The maximum atomic E-state index is 13.4. The molecule has 1 amide bonds. The summed E-state index contributed by atoms with van der Waals surface area (Å²) in [5, 5.41) is 11.0. The molecule has 4 N–H and O–H groups in total. The van der Waals surface area contributed by atoms with Crippen LogP contribution in [0.5, 0.6) is 0 Å². The number of ether oxygens (including phenoxy) is 1. The number of hydrogen-bond acceptors (Lipinski definition) is 4. The Bertz CT molecular complexity index is 464. The minimum Gasteiger partial charge on any atom is -0.480 e. The smallest absolute Gasteiger partial charge is 0.328 e. The van der Waals surface area contributed by atoms with Crippen molar-refractivity contribution in [2.75, 3.05) is 19.5 Å². The van der Waals surface area contributed by atoms with Crippen LogP contribution in [0.3, 0.4) is 0 Å². The van der Waals surface area contributed by atoms with Gasteiger partial charge in [-0.15, -0.1) is 0 Å². The molecule has 1 aromatic rings. The molecule has 7 heteroatoms. The Balaban J connectivity index is 2.83. The zero-order valence-electron chi connectivity index (χ0n) is 9.64. The SMILES string of the molecule is COCC(NC(=O)c1ccc(N)cc1F)C(=O)O. The Hall–Kier alpha value is -2.15. The third kappa shape index (κ3) is 3.42. The summed E-state index contributed by atoms with van der Waals surface area (Å²) in [4.78, 5) is 22.4. The van der Waals surface area contributed by atoms with Gasteiger partial charge in [0.2, 0.25) is 0 Å². The van der Waals surface area contributed by atoms with Crippen molar-refractivity contribution in [3.05, 3.63) is 29.6 Å². The highest BCUT2D eigenvalue weighted by Gasteiger charge is 2.22. The van der Waals surface area contributed by atoms with E-state index in [9.17, 15) is 14.0 Å². The summed E-state index contributed by atoms with van der Waals surface area (Å²) in [5.74, 6) is -2.91. The minimum atomic E-state index is -1.26. The van der Waals surface area contributed by atoms with Crippen LogP contribution in [0.4, 0.5) is 10.1 Å². The summed E-state index contributed by atoms with van der Waals surface area (Å²) >= 11 is 0. The molecule has 0 heterocycles. The van der Waals surface area contributed by atoms with Gasteiger partial charge in [-0.25, -0.2) is 9.18 Å². The maximum absolute atomic E-state index is 13.4. The normalized spacial score (nSPS) is 11.9. The fraction of sp³-hybridized carbons (Fsp3) is 0.273. The van der Waals surface area contributed by atoms with Gasteiger partial charge in [-0.1, -0.05) is 0 Å². The lowest BCUT2D eigenvalue weighted by Gasteiger charge is -2.13. The molecule has 98 valence electrons. The molecule has 0 fully saturated rings. The molecule has 0 aliphatic rings. The summed E-state index contributed by atoms with van der Waals surface area (Å²) in [6.07, 6.45) is 0. The van der Waals surface area contributed by atoms with E-state index in [1.54, 1.807) is 0 Å². The number of nitrogens with two attached hydrogens (primary N) is 1. The number of methoxy groups -OCH3 is 1. The van der Waals surface area contributed by atoms with E-state index in [2.05, 4.69) is 10.1 Å². The van der Waals surface area contributed by atoms with Crippen LogP contribution in [0.25, 0.3) is 0 Å². The quantitative estimate of drug-likeness (QED) is 0.655. The number of carboxylic acid groups (broad SMARTS) is 1. The molecule has 0 saturated carbocycles. The van der Waals surface area contributed by atoms with Gasteiger partial charge in [0.25, 0.3) is 5.91 Å². The highest BCUT2D eigenvalue weighted by Crippen LogP contribution is 2.11. The predicted molar refractivity (Wildman–Crippen MR) is 61.6 cm³/mol. The van der Waals surface area contributed by atoms with Crippen LogP contribution >= 0.6 is 0 Å². The topological polar surface area (TPSA) is 102 Å². The molecule has 1 rings (SSSR count). The number of benzene rings is 1. The van der Waals surface area contributed by atoms with E-state index in [1.807, 2.05) is 0 Å². The predicted octanol–water partition coefficient (Wildman–Crippen LogP) is 0.237. The van der Waals surface area contributed by atoms with Crippen LogP contribution in [0, 0.1) is 5.82 Å². The monoisotopic (exact) mass is 256 g/mol. The van der Waals surface area contributed by atoms with Gasteiger partial charge in [-0.05, 0) is 18.2 Å². The largest absolute Gasteiger partial charge is 0.480 e. The highest BCUT2D eigenvalue weighted by atomic mass is 19.1. The lowest BCUT2D eigenvalue weighted by Crippen LogP contribution is -2.44. The molecule has 18 heavy (non-hydrogen) atoms. The van der Waals surface area contributed by atoms with Gasteiger partial charge in [-0.2, -0.15) is 0 Å². The van der Waals surface area contributed by atoms with E-state index in [-0.39, 0.29) is 17.9 Å². The van der Waals surface area contributed by atoms with E-state index in [1.165, 1.54) is 19.2 Å². The van der Waals surface area contributed by atoms with Crippen molar-refractivity contribution in [2.24, 2.45) is 0 Å². The van der Waals surface area contributed by atoms with Gasteiger partial charge in [0.1, 0.15) is 5.82 Å². The first-order valence-electron chi connectivity index (χ1n) is 5.03. The number of carboxylic acids is 1. The molecular weight excluding hydrogens is 243 g/mol. The third-order valence-corrected chi connectivity index (χ3v) is 2.17. The lowest BCUT2D eigenvalue weighted by atomic mass is 10.1. The second-order valence-electron chi connectivity index (χ2n) is 3.56. The Labute approximate surface area is 103 Å². The summed E-state index contributed by atoms with van der Waals surface area (Å²) in [7, 11) is 1.30. The molecule has 1 atom stereocenters. The van der Waals surface area contributed by atoms with E-state index in [0.29, 0.717) is 0 Å². The molecular formula is C11H13FN2O4. The van der Waals surface area contributed by atoms with Gasteiger partial charge < -0.3 is 20.9 Å². The molecule has 0 bridgehead atoms. The molecule has 1 aromatic carbocycles. The van der Waals surface area contributed by atoms with Gasteiger partial charge in [0, 0.05) is 12.8 Å². The summed E-state index contributed by atoms with van der Waals surface area (Å²) in [6.45, 7) is -0.211. The number of halogens is 1. The molecule has 0 aromatic heterocycles. The number of amides is 1. The van der Waals surface area contributed by atoms with Crippen molar-refractivity contribution >= 4 is 17.6 Å². The van der Waals surface area contributed by atoms with Crippen molar-refractivity contribution in [1.29, 1.82) is 0 Å². The van der Waals surface area contributed by atoms with Crippen molar-refractivity contribution in [3.63, 3.8) is 0 Å². The zero-order valence-corrected chi connectivity index (χ0v) is 9.64. The molecule has 0 saturated heterocycles. The number of carbonyl (C=O) groups excluding carboxylic acids is 1. The van der Waals surface area contributed by atoms with Crippen LogP contribution in [0.15, 0.2) is 18.2 Å². The standard InChI is InChI=1S/C11H13FN2O4/c1-18-5-9(11(16)17)14-10(15)7-3-2-6(13)4-8(7)12/h2-4,9H,5,13H2,1H3,(H,14,15)(H,16,17). The van der Waals surface area contributed by atoms with Gasteiger partial charge >= 0.3 is 5.97 Å². The number of aliphatic carboxylic acids is 1. The van der Waals surface area contributed by atoms with Gasteiger partial charge in [-0.3, -0.25) is 4.79 Å². The fourth-order valence-electron chi connectivity index (χ4n) is 1.29. The first-order valence-corrected chi connectivity index (χ1v) is 5.03. The molecule has 6 nitrogen and oxygen atoms in total. The third-order valence-electron chi connectivity index (χ3n) is 2.17. The van der Waals surface area contributed by atoms with Gasteiger partial charge in [0.15, 0.2) is 6.04 Å². The molecule has 0 aliphatic carbocycles. The van der Waals surface area contributed by atoms with Gasteiger partial charge in [0.05, 0.1) is 12.2 Å². The van der Waals surface area contributed by atoms with E-state index in [0.717, 1.165) is 6.07 Å². The fourth-order valence-corrected chi connectivity index (χ4v) is 1.29. The van der Waals surface area contributed by atoms with Crippen LogP contribution < -0.4 is 11.1 Å². The Morgan fingerprint density at radius 2 is 2.22 bits per heavy atom. The average Bonchev–Trinajstić information content (AvgIpc) is 2.27. The molecule has 0 radical (unpaired) electrons. The Kier molecular flexibility index (Phi) is 4.61. The zero-order chi connectivity index (χ0) is 13.7. The van der Waals surface area contributed by atoms with Crippen LogP contribution in [-0.2, 0) is 9.53 Å². The molecule has 0 aliphatic heterocycles. The number of rotatable bonds is 5. The highest BCUT2D eigenvalue weighted by molar-refractivity contribution is 5.97. The van der Waals surface area contributed by atoms with Crippen LogP contribution in [-0.4, -0.2) is 36.7 Å². The number of carbonyl (C=O) groups is 2. The second kappa shape index (κ2) is 5.97. The molecule has 1 unspecified atom stereocenters. The van der Waals surface area contributed by atoms with E-state index in [4.69, 9.17) is 10.8 Å². The van der Waals surface area contributed by atoms with E-state index >= 15 is 0 Å². The Morgan fingerprint density at radius 1 is 1.56 bits per heavy atom. The van der Waals surface area contributed by atoms with E-state index < -0.39 is 23.7 Å². The molecule has 0 spiro atoms. The first-order chi connectivity index (χ1) is 8.45. The van der Waals surface area contributed by atoms with Crippen molar-refractivity contribution in [1.82, 2.24) is 5.32 Å². The maximum Gasteiger partial charge on any atom is 0.328 e. The number of hydrogen-bond donors (Lipinski definition) is 3. The summed E-state index contributed by atoms with van der Waals surface area (Å²) < 4.78 is 18.1. The average molecular weight is 256 g/mol. The number of nitrogens with one attached hydrogen (secondary N) is 1. The lowest BCUT2D eigenvalue weighted by molar-refractivity contribution is -0.140. The van der Waals surface area contributed by atoms with Crippen LogP contribution in [0.2, 0.25) is 0 Å².